The average Bonchev–Trinajstić information content (AvgIpc) is 3.10. The minimum Gasteiger partial charge on any atom is -0.496 e. The third-order valence-corrected chi connectivity index (χ3v) is 7.60. The third kappa shape index (κ3) is 3.41. The predicted octanol–water partition coefficient (Wildman–Crippen LogP) is 2.61. The van der Waals surface area contributed by atoms with E-state index in [9.17, 15) is 14.9 Å². The summed E-state index contributed by atoms with van der Waals surface area (Å²) < 4.78 is 11.5. The highest BCUT2D eigenvalue weighted by atomic mass is 16.5. The molecule has 3 aliphatic rings. The summed E-state index contributed by atoms with van der Waals surface area (Å²) in [5.41, 5.74) is 2.56. The summed E-state index contributed by atoms with van der Waals surface area (Å²) in [7, 11) is 3.65. The number of carbonyl (C=O) groups excluding carboxylic acids is 2. The average molecular weight is 446 g/mol. The second kappa shape index (κ2) is 8.62. The largest absolute Gasteiger partial charge is 0.496 e. The summed E-state index contributed by atoms with van der Waals surface area (Å²) >= 11 is 0. The molecule has 0 N–H and O–H groups in total. The molecule has 0 radical (unpaired) electrons. The van der Waals surface area contributed by atoms with Crippen LogP contribution >= 0.6 is 0 Å². The van der Waals surface area contributed by atoms with Gasteiger partial charge in [-0.1, -0.05) is 30.3 Å². The van der Waals surface area contributed by atoms with Crippen LogP contribution < -0.4 is 4.74 Å². The van der Waals surface area contributed by atoms with Crippen LogP contribution in [0.25, 0.3) is 0 Å². The smallest absolute Gasteiger partial charge is 0.338 e. The summed E-state index contributed by atoms with van der Waals surface area (Å²) in [5.74, 6) is 0.206. The molecule has 0 saturated carbocycles. The number of fused-ring (bicyclic) bond motifs is 5. The monoisotopic (exact) mass is 445 g/mol. The van der Waals surface area contributed by atoms with Gasteiger partial charge < -0.3 is 14.3 Å². The van der Waals surface area contributed by atoms with Gasteiger partial charge in [0.1, 0.15) is 24.7 Å². The Morgan fingerprint density at radius 3 is 2.67 bits per heavy atom. The van der Waals surface area contributed by atoms with Crippen LogP contribution in [0.5, 0.6) is 5.75 Å². The van der Waals surface area contributed by atoms with Gasteiger partial charge in [-0.05, 0) is 43.7 Å². The molecule has 2 fully saturated rings. The molecule has 2 saturated heterocycles. The van der Waals surface area contributed by atoms with Crippen LogP contribution in [0, 0.1) is 17.2 Å². The van der Waals surface area contributed by atoms with Gasteiger partial charge in [0.2, 0.25) is 0 Å². The lowest BCUT2D eigenvalue weighted by Crippen LogP contribution is -2.66. The lowest BCUT2D eigenvalue weighted by molar-refractivity contribution is -0.113. The number of piperazine rings is 1. The number of esters is 1. The number of ether oxygens (including phenoxy) is 2. The van der Waals surface area contributed by atoms with Crippen molar-refractivity contribution < 1.29 is 19.1 Å². The number of likely N-dealkylation sites (N-methyl/N-ethyl adjacent to an activating group) is 1. The van der Waals surface area contributed by atoms with Crippen molar-refractivity contribution in [3.8, 4) is 11.8 Å². The number of nitriles is 1. The van der Waals surface area contributed by atoms with Gasteiger partial charge in [0, 0.05) is 29.6 Å². The Balaban J connectivity index is 1.56. The summed E-state index contributed by atoms with van der Waals surface area (Å²) in [6.45, 7) is 0.102. The molecule has 0 amide bonds. The maximum Gasteiger partial charge on any atom is 0.338 e. The minimum absolute atomic E-state index is 0.0174. The van der Waals surface area contributed by atoms with E-state index in [1.54, 1.807) is 31.4 Å². The minimum atomic E-state index is -0.417. The fraction of sp³-hybridized carbons (Fsp3) is 0.423. The molecule has 2 bridgehead atoms. The highest BCUT2D eigenvalue weighted by molar-refractivity contribution is 5.89. The molecule has 0 unspecified atom stereocenters. The van der Waals surface area contributed by atoms with Crippen molar-refractivity contribution in [2.45, 2.75) is 43.1 Å². The van der Waals surface area contributed by atoms with E-state index in [0.29, 0.717) is 18.4 Å². The second-order valence-electron chi connectivity index (χ2n) is 9.07. The van der Waals surface area contributed by atoms with Gasteiger partial charge in [-0.25, -0.2) is 4.79 Å². The molecule has 3 aliphatic heterocycles. The van der Waals surface area contributed by atoms with Crippen LogP contribution in [0.3, 0.4) is 0 Å². The number of hydrogen-bond acceptors (Lipinski definition) is 7. The first-order chi connectivity index (χ1) is 16.1. The van der Waals surface area contributed by atoms with Crippen LogP contribution in [-0.2, 0) is 16.0 Å². The number of aldehydes is 1. The summed E-state index contributed by atoms with van der Waals surface area (Å²) in [5, 5.41) is 10.2. The molecular weight excluding hydrogens is 418 g/mol. The molecule has 2 aromatic rings. The highest BCUT2D eigenvalue weighted by Crippen LogP contribution is 2.49. The van der Waals surface area contributed by atoms with Gasteiger partial charge in [0.15, 0.2) is 0 Å². The summed E-state index contributed by atoms with van der Waals surface area (Å²) in [6, 6.07) is 16.5. The first kappa shape index (κ1) is 21.6. The first-order valence-corrected chi connectivity index (χ1v) is 11.3. The van der Waals surface area contributed by atoms with Crippen molar-refractivity contribution in [3.05, 3.63) is 65.2 Å². The second-order valence-corrected chi connectivity index (χ2v) is 9.07. The van der Waals surface area contributed by atoms with Crippen LogP contribution in [0.15, 0.2) is 48.5 Å². The Hall–Kier alpha value is -3.21. The van der Waals surface area contributed by atoms with Crippen molar-refractivity contribution in [3.63, 3.8) is 0 Å². The zero-order valence-corrected chi connectivity index (χ0v) is 18.8. The normalized spacial score (nSPS) is 30.6. The number of rotatable bonds is 5. The number of methoxy groups -OCH3 is 1. The Bertz CT molecular complexity index is 1100. The van der Waals surface area contributed by atoms with E-state index in [0.717, 1.165) is 23.2 Å². The number of hydrogen-bond donors (Lipinski definition) is 0. The topological polar surface area (TPSA) is 82.9 Å². The molecule has 0 aliphatic carbocycles. The molecule has 170 valence electrons. The fourth-order valence-electron chi connectivity index (χ4n) is 6.22. The SMILES string of the molecule is COc1cccc2c1[C@H](COC(=O)c1ccccc1)N1[C@@H](C#N)[C@@H]3C[C@@H](C=O)[C@H]([C@@H]1C2)N3C. The Kier molecular flexibility index (Phi) is 5.65. The van der Waals surface area contributed by atoms with Gasteiger partial charge in [0.25, 0.3) is 0 Å². The van der Waals surface area contributed by atoms with Crippen molar-refractivity contribution in [1.82, 2.24) is 9.80 Å². The molecule has 5 rings (SSSR count). The number of carbonyl (C=O) groups is 2. The number of nitrogens with zero attached hydrogens (tertiary/aromatic N) is 3. The van der Waals surface area contributed by atoms with Crippen LogP contribution in [-0.4, -0.2) is 67.0 Å². The fourth-order valence-corrected chi connectivity index (χ4v) is 6.22. The predicted molar refractivity (Wildman–Crippen MR) is 121 cm³/mol. The van der Waals surface area contributed by atoms with Gasteiger partial charge in [-0.15, -0.1) is 0 Å². The molecular formula is C26H27N3O4. The van der Waals surface area contributed by atoms with Gasteiger partial charge in [-0.3, -0.25) is 9.80 Å². The lowest BCUT2D eigenvalue weighted by atomic mass is 9.80. The summed E-state index contributed by atoms with van der Waals surface area (Å²) in [4.78, 5) is 29.1. The quantitative estimate of drug-likeness (QED) is 0.517. The van der Waals surface area contributed by atoms with E-state index in [2.05, 4.69) is 21.9 Å². The highest BCUT2D eigenvalue weighted by Gasteiger charge is 2.58. The van der Waals surface area contributed by atoms with E-state index >= 15 is 0 Å². The first-order valence-electron chi connectivity index (χ1n) is 11.3. The Labute approximate surface area is 193 Å². The Morgan fingerprint density at radius 2 is 1.97 bits per heavy atom. The molecule has 0 spiro atoms. The molecule has 33 heavy (non-hydrogen) atoms. The van der Waals surface area contributed by atoms with Crippen molar-refractivity contribution in [2.75, 3.05) is 20.8 Å². The maximum atomic E-state index is 12.8. The standard InChI is InChI=1S/C26H27N3O4/c1-28-19-12-18(14-30)25(28)20-11-17-9-6-10-23(32-2)24(17)22(29(20)21(19)13-27)15-33-26(31)16-7-4-3-5-8-16/h3-10,14,18-22,25H,11-12,15H2,1-2H3/t18-,19-,20-,21-,22-,25+/m0/s1. The van der Waals surface area contributed by atoms with E-state index in [-0.39, 0.29) is 36.7 Å². The van der Waals surface area contributed by atoms with Crippen molar-refractivity contribution >= 4 is 12.3 Å². The summed E-state index contributed by atoms with van der Waals surface area (Å²) in [6.07, 6.45) is 2.42. The van der Waals surface area contributed by atoms with E-state index in [1.165, 1.54) is 0 Å². The molecule has 7 nitrogen and oxygen atoms in total. The molecule has 6 atom stereocenters. The van der Waals surface area contributed by atoms with Gasteiger partial charge in [0.05, 0.1) is 24.8 Å². The van der Waals surface area contributed by atoms with E-state index in [1.807, 2.05) is 25.2 Å². The van der Waals surface area contributed by atoms with E-state index < -0.39 is 12.0 Å². The van der Waals surface area contributed by atoms with Gasteiger partial charge in [-0.2, -0.15) is 5.26 Å². The molecule has 7 heteroatoms. The zero-order valence-electron chi connectivity index (χ0n) is 18.8. The molecule has 2 aromatic carbocycles. The van der Waals surface area contributed by atoms with Crippen LogP contribution in [0.2, 0.25) is 0 Å². The number of benzene rings is 2. The third-order valence-electron chi connectivity index (χ3n) is 7.60. The van der Waals surface area contributed by atoms with Crippen molar-refractivity contribution in [1.29, 1.82) is 5.26 Å². The zero-order chi connectivity index (χ0) is 23.1. The van der Waals surface area contributed by atoms with Crippen LogP contribution in [0.4, 0.5) is 0 Å². The Morgan fingerprint density at radius 1 is 1.18 bits per heavy atom. The lowest BCUT2D eigenvalue weighted by Gasteiger charge is -2.54. The molecule has 0 aromatic heterocycles. The van der Waals surface area contributed by atoms with Crippen molar-refractivity contribution in [2.24, 2.45) is 5.92 Å². The maximum absolute atomic E-state index is 12.8. The van der Waals surface area contributed by atoms with E-state index in [4.69, 9.17) is 9.47 Å². The van der Waals surface area contributed by atoms with Crippen LogP contribution in [0.1, 0.15) is 33.9 Å². The van der Waals surface area contributed by atoms with Gasteiger partial charge >= 0.3 is 5.97 Å². The molecule has 3 heterocycles.